The molecule has 0 unspecified atom stereocenters. The van der Waals surface area contributed by atoms with E-state index in [1.807, 2.05) is 0 Å². The number of nitrogens with one attached hydrogen (secondary N) is 1. The van der Waals surface area contributed by atoms with E-state index in [1.54, 1.807) is 18.4 Å². The highest BCUT2D eigenvalue weighted by Gasteiger charge is 2.13. The number of nitrogens with zero attached hydrogens (tertiary/aromatic N) is 1. The first-order chi connectivity index (χ1) is 8.56. The van der Waals surface area contributed by atoms with Crippen molar-refractivity contribution in [3.8, 4) is 0 Å². The van der Waals surface area contributed by atoms with Gasteiger partial charge < -0.3 is 9.52 Å². The van der Waals surface area contributed by atoms with Gasteiger partial charge in [0.1, 0.15) is 5.76 Å². The number of carbonyl (C=O) groups is 2. The molecule has 2 N–H and O–H groups in total. The van der Waals surface area contributed by atoms with Crippen molar-refractivity contribution < 1.29 is 19.1 Å². The molecule has 94 valence electrons. The van der Waals surface area contributed by atoms with Gasteiger partial charge in [-0.25, -0.2) is 4.98 Å². The van der Waals surface area contributed by atoms with Crippen LogP contribution >= 0.6 is 11.3 Å². The molecule has 7 heteroatoms. The molecular weight excluding hydrogens is 256 g/mol. The maximum Gasteiger partial charge on any atom is 0.309 e. The predicted octanol–water partition coefficient (Wildman–Crippen LogP) is 1.92. The minimum absolute atomic E-state index is 0.156. The number of hydrogen-bond acceptors (Lipinski definition) is 5. The highest BCUT2D eigenvalue weighted by molar-refractivity contribution is 7.14. The number of aryl methyl sites for hydroxylation is 1. The van der Waals surface area contributed by atoms with Gasteiger partial charge in [0.15, 0.2) is 5.13 Å². The van der Waals surface area contributed by atoms with E-state index in [9.17, 15) is 9.59 Å². The second-order valence-corrected chi connectivity index (χ2v) is 4.42. The van der Waals surface area contributed by atoms with Crippen LogP contribution in [0.5, 0.6) is 0 Å². The van der Waals surface area contributed by atoms with Gasteiger partial charge in [-0.05, 0) is 13.0 Å². The summed E-state index contributed by atoms with van der Waals surface area (Å²) in [5.74, 6) is -0.754. The fraction of sp³-hybridized carbons (Fsp3) is 0.182. The normalized spacial score (nSPS) is 10.3. The minimum Gasteiger partial charge on any atom is -0.481 e. The number of aromatic nitrogens is 1. The average molecular weight is 266 g/mol. The van der Waals surface area contributed by atoms with Crippen LogP contribution in [0, 0.1) is 6.92 Å². The third-order valence-electron chi connectivity index (χ3n) is 2.21. The molecule has 1 amide bonds. The van der Waals surface area contributed by atoms with Crippen molar-refractivity contribution in [3.05, 3.63) is 34.7 Å². The van der Waals surface area contributed by atoms with Crippen LogP contribution in [0.4, 0.5) is 5.13 Å². The Morgan fingerprint density at radius 1 is 1.56 bits per heavy atom. The molecule has 0 aliphatic rings. The van der Waals surface area contributed by atoms with Crippen LogP contribution in [0.15, 0.2) is 22.1 Å². The van der Waals surface area contributed by atoms with Crippen molar-refractivity contribution in [2.24, 2.45) is 0 Å². The molecule has 2 heterocycles. The topological polar surface area (TPSA) is 92.4 Å². The van der Waals surface area contributed by atoms with Gasteiger partial charge in [0.2, 0.25) is 0 Å². The van der Waals surface area contributed by atoms with Gasteiger partial charge in [-0.2, -0.15) is 0 Å². The van der Waals surface area contributed by atoms with Crippen LogP contribution in [0.25, 0.3) is 0 Å². The smallest absolute Gasteiger partial charge is 0.309 e. The summed E-state index contributed by atoms with van der Waals surface area (Å²) < 4.78 is 5.03. The predicted molar refractivity (Wildman–Crippen MR) is 64.9 cm³/mol. The molecule has 0 saturated carbocycles. The Bertz CT molecular complexity index is 587. The zero-order valence-electron chi connectivity index (χ0n) is 9.47. The van der Waals surface area contributed by atoms with E-state index in [0.29, 0.717) is 22.1 Å². The summed E-state index contributed by atoms with van der Waals surface area (Å²) in [6.45, 7) is 1.69. The standard InChI is InChI=1S/C11H10N2O4S/c1-6-8(2-3-17-6)10(16)13-11-12-7(5-18-11)4-9(14)15/h2-3,5H,4H2,1H3,(H,14,15)(H,12,13,16). The average Bonchev–Trinajstić information content (AvgIpc) is 2.87. The summed E-state index contributed by atoms with van der Waals surface area (Å²) in [7, 11) is 0. The molecule has 2 aromatic rings. The number of thiazole rings is 1. The zero-order valence-corrected chi connectivity index (χ0v) is 10.3. The third-order valence-corrected chi connectivity index (χ3v) is 3.01. The highest BCUT2D eigenvalue weighted by Crippen LogP contribution is 2.18. The Morgan fingerprint density at radius 2 is 2.33 bits per heavy atom. The van der Waals surface area contributed by atoms with Gasteiger partial charge in [-0.1, -0.05) is 0 Å². The van der Waals surface area contributed by atoms with Crippen LogP contribution in [0.3, 0.4) is 0 Å². The molecule has 0 aliphatic heterocycles. The largest absolute Gasteiger partial charge is 0.481 e. The molecule has 0 atom stereocenters. The molecular formula is C11H10N2O4S. The maximum atomic E-state index is 11.8. The first kappa shape index (κ1) is 12.3. The molecule has 0 fully saturated rings. The number of hydrogen-bond donors (Lipinski definition) is 2. The van der Waals surface area contributed by atoms with E-state index >= 15 is 0 Å². The monoisotopic (exact) mass is 266 g/mol. The number of anilines is 1. The Morgan fingerprint density at radius 3 is 2.94 bits per heavy atom. The summed E-state index contributed by atoms with van der Waals surface area (Å²) in [6.07, 6.45) is 1.28. The summed E-state index contributed by atoms with van der Waals surface area (Å²) >= 11 is 1.19. The summed E-state index contributed by atoms with van der Waals surface area (Å²) in [5, 5.41) is 13.2. The van der Waals surface area contributed by atoms with Crippen molar-refractivity contribution in [1.82, 2.24) is 4.98 Å². The molecule has 0 radical (unpaired) electrons. The fourth-order valence-corrected chi connectivity index (χ4v) is 2.09. The molecule has 0 aromatic carbocycles. The molecule has 0 spiro atoms. The van der Waals surface area contributed by atoms with Crippen molar-refractivity contribution in [1.29, 1.82) is 0 Å². The Hall–Kier alpha value is -2.15. The number of carboxylic acid groups (broad SMARTS) is 1. The van der Waals surface area contributed by atoms with Gasteiger partial charge in [0.05, 0.1) is 23.9 Å². The molecule has 6 nitrogen and oxygen atoms in total. The fourth-order valence-electron chi connectivity index (χ4n) is 1.39. The van der Waals surface area contributed by atoms with Crippen molar-refractivity contribution in [2.75, 3.05) is 5.32 Å². The van der Waals surface area contributed by atoms with E-state index in [2.05, 4.69) is 10.3 Å². The first-order valence-corrected chi connectivity index (χ1v) is 5.96. The third kappa shape index (κ3) is 2.75. The van der Waals surface area contributed by atoms with Crippen molar-refractivity contribution in [3.63, 3.8) is 0 Å². The lowest BCUT2D eigenvalue weighted by molar-refractivity contribution is -0.136. The number of rotatable bonds is 4. The molecule has 2 aromatic heterocycles. The van der Waals surface area contributed by atoms with Crippen LogP contribution in [0.1, 0.15) is 21.8 Å². The van der Waals surface area contributed by atoms with Crippen LogP contribution in [-0.4, -0.2) is 22.0 Å². The van der Waals surface area contributed by atoms with Crippen LogP contribution < -0.4 is 5.32 Å². The van der Waals surface area contributed by atoms with E-state index in [-0.39, 0.29) is 12.3 Å². The van der Waals surface area contributed by atoms with Crippen molar-refractivity contribution in [2.45, 2.75) is 13.3 Å². The minimum atomic E-state index is -0.955. The van der Waals surface area contributed by atoms with E-state index in [1.165, 1.54) is 17.6 Å². The van der Waals surface area contributed by atoms with Gasteiger partial charge >= 0.3 is 5.97 Å². The molecule has 18 heavy (non-hydrogen) atoms. The second-order valence-electron chi connectivity index (χ2n) is 3.56. The first-order valence-electron chi connectivity index (χ1n) is 5.08. The summed E-state index contributed by atoms with van der Waals surface area (Å²) in [5.41, 5.74) is 0.858. The molecule has 0 bridgehead atoms. The highest BCUT2D eigenvalue weighted by atomic mass is 32.1. The van der Waals surface area contributed by atoms with E-state index < -0.39 is 5.97 Å². The number of amides is 1. The summed E-state index contributed by atoms with van der Waals surface area (Å²) in [6, 6.07) is 1.57. The van der Waals surface area contributed by atoms with E-state index in [0.717, 1.165) is 0 Å². The number of carbonyl (C=O) groups excluding carboxylic acids is 1. The Balaban J connectivity index is 2.06. The van der Waals surface area contributed by atoms with E-state index in [4.69, 9.17) is 9.52 Å². The van der Waals surface area contributed by atoms with Crippen LogP contribution in [0.2, 0.25) is 0 Å². The van der Waals surface area contributed by atoms with Gasteiger partial charge in [0.25, 0.3) is 5.91 Å². The molecule has 2 rings (SSSR count). The number of furan rings is 1. The van der Waals surface area contributed by atoms with Gasteiger partial charge in [-0.15, -0.1) is 11.3 Å². The van der Waals surface area contributed by atoms with Gasteiger partial charge in [-0.3, -0.25) is 14.9 Å². The Kier molecular flexibility index (Phi) is 3.42. The zero-order chi connectivity index (χ0) is 13.1. The number of aliphatic carboxylic acids is 1. The number of carboxylic acids is 1. The quantitative estimate of drug-likeness (QED) is 0.882. The second kappa shape index (κ2) is 5.01. The summed E-state index contributed by atoms with van der Waals surface area (Å²) in [4.78, 5) is 26.3. The lowest BCUT2D eigenvalue weighted by Gasteiger charge is -1.99. The lowest BCUT2D eigenvalue weighted by atomic mass is 10.2. The van der Waals surface area contributed by atoms with Gasteiger partial charge in [0, 0.05) is 5.38 Å². The lowest BCUT2D eigenvalue weighted by Crippen LogP contribution is -2.12. The van der Waals surface area contributed by atoms with Crippen molar-refractivity contribution >= 4 is 28.3 Å². The molecule has 0 saturated heterocycles. The molecule has 0 aliphatic carbocycles. The Labute approximate surface area is 106 Å². The SMILES string of the molecule is Cc1occc1C(=O)Nc1nc(CC(=O)O)cs1. The van der Waals surface area contributed by atoms with Crippen LogP contribution in [-0.2, 0) is 11.2 Å². The maximum absolute atomic E-state index is 11.8.